The van der Waals surface area contributed by atoms with Gasteiger partial charge in [-0.3, -0.25) is 14.5 Å². The molecule has 0 N–H and O–H groups in total. The molecule has 0 bridgehead atoms. The molecule has 2 fully saturated rings. The lowest BCUT2D eigenvalue weighted by Gasteiger charge is -2.38. The van der Waals surface area contributed by atoms with E-state index in [-0.39, 0.29) is 18.1 Å². The molecule has 0 radical (unpaired) electrons. The van der Waals surface area contributed by atoms with Crippen molar-refractivity contribution in [2.75, 3.05) is 56.6 Å². The summed E-state index contributed by atoms with van der Waals surface area (Å²) >= 11 is 2.92. The van der Waals surface area contributed by atoms with Gasteiger partial charge in [0.25, 0.3) is 6.47 Å². The maximum absolute atomic E-state index is 12.7. The molecular weight excluding hydrogens is 587 g/mol. The second kappa shape index (κ2) is 11.9. The molecule has 0 aliphatic carbocycles. The van der Waals surface area contributed by atoms with Gasteiger partial charge < -0.3 is 19.4 Å². The third kappa shape index (κ3) is 5.55. The summed E-state index contributed by atoms with van der Waals surface area (Å²) in [7, 11) is 3.93. The summed E-state index contributed by atoms with van der Waals surface area (Å²) in [6.45, 7) is 7.40. The Bertz CT molecular complexity index is 1680. The van der Waals surface area contributed by atoms with Gasteiger partial charge in [0.15, 0.2) is 10.9 Å². The number of rotatable bonds is 10. The van der Waals surface area contributed by atoms with E-state index in [1.165, 1.54) is 11.3 Å². The van der Waals surface area contributed by atoms with Crippen molar-refractivity contribution in [3.8, 4) is 17.3 Å². The molecule has 43 heavy (non-hydrogen) atoms. The van der Waals surface area contributed by atoms with Crippen molar-refractivity contribution in [3.05, 3.63) is 40.4 Å². The number of thiazole rings is 1. The van der Waals surface area contributed by atoms with Crippen LogP contribution in [-0.2, 0) is 20.7 Å². The van der Waals surface area contributed by atoms with E-state index in [1.807, 2.05) is 54.7 Å². The number of hydrogen-bond donors (Lipinski definition) is 0. The standard InChI is InChI=1S/C29H33N9O3S2/c1-5-22-26(35(4)27-32-25(23(12-30)42-27)19-8-6-18(2)7-9-19)38-28(31-22)43-29(33-38)36-11-10-20(13-36)34(3)16-24(40)37-14-21(15-37)41-17-39/h6-9,17,20-21H,5,10-11,13-16H2,1-4H3. The Balaban J connectivity index is 1.18. The highest BCUT2D eigenvalue weighted by molar-refractivity contribution is 7.20. The van der Waals surface area contributed by atoms with Crippen LogP contribution >= 0.6 is 22.7 Å². The van der Waals surface area contributed by atoms with Crippen LogP contribution < -0.4 is 9.80 Å². The third-order valence-electron chi connectivity index (χ3n) is 8.11. The fraction of sp³-hybridized carbons (Fsp3) is 0.448. The molecule has 0 spiro atoms. The van der Waals surface area contributed by atoms with Crippen molar-refractivity contribution >= 4 is 56.1 Å². The topological polar surface area (TPSA) is 123 Å². The number of nitriles is 1. The van der Waals surface area contributed by atoms with E-state index in [9.17, 15) is 14.9 Å². The highest BCUT2D eigenvalue weighted by Crippen LogP contribution is 2.38. The first-order chi connectivity index (χ1) is 20.8. The molecule has 14 heteroatoms. The van der Waals surface area contributed by atoms with Crippen LogP contribution in [0, 0.1) is 18.3 Å². The summed E-state index contributed by atoms with van der Waals surface area (Å²) in [6, 6.07) is 10.6. The molecule has 5 heterocycles. The SMILES string of the molecule is CCc1nc2sc(N3CCC(N(C)CC(=O)N4CC(OC=O)C4)C3)nn2c1N(C)c1nc(-c2ccc(C)cc2)c(C#N)s1. The predicted molar refractivity (Wildman–Crippen MR) is 166 cm³/mol. The zero-order chi connectivity index (χ0) is 30.2. The van der Waals surface area contributed by atoms with Crippen LogP contribution in [0.3, 0.4) is 0 Å². The fourth-order valence-electron chi connectivity index (χ4n) is 5.52. The first-order valence-electron chi connectivity index (χ1n) is 14.2. The van der Waals surface area contributed by atoms with Gasteiger partial charge in [0.1, 0.15) is 22.7 Å². The molecule has 2 aliphatic rings. The van der Waals surface area contributed by atoms with Gasteiger partial charge in [0.05, 0.1) is 25.3 Å². The number of nitrogens with zero attached hydrogens (tertiary/aromatic N) is 9. The van der Waals surface area contributed by atoms with Crippen LogP contribution in [0.5, 0.6) is 0 Å². The molecule has 1 aromatic carbocycles. The van der Waals surface area contributed by atoms with Crippen LogP contribution in [0.25, 0.3) is 16.2 Å². The summed E-state index contributed by atoms with van der Waals surface area (Å²) in [6.07, 6.45) is 1.47. The number of hydrogen-bond acceptors (Lipinski definition) is 12. The van der Waals surface area contributed by atoms with Gasteiger partial charge in [-0.15, -0.1) is 5.10 Å². The molecule has 12 nitrogen and oxygen atoms in total. The number of ether oxygens (including phenoxy) is 1. The van der Waals surface area contributed by atoms with Crippen molar-refractivity contribution in [1.82, 2.24) is 29.4 Å². The monoisotopic (exact) mass is 619 g/mol. The highest BCUT2D eigenvalue weighted by Gasteiger charge is 2.35. The molecule has 3 aromatic heterocycles. The van der Waals surface area contributed by atoms with E-state index in [0.717, 1.165) is 58.7 Å². The first-order valence-corrected chi connectivity index (χ1v) is 15.8. The maximum Gasteiger partial charge on any atom is 0.293 e. The van der Waals surface area contributed by atoms with E-state index < -0.39 is 0 Å². The number of fused-ring (bicyclic) bond motifs is 1. The van der Waals surface area contributed by atoms with E-state index >= 15 is 0 Å². The van der Waals surface area contributed by atoms with Crippen LogP contribution in [0.4, 0.5) is 16.1 Å². The number of benzene rings is 1. The van der Waals surface area contributed by atoms with Crippen LogP contribution in [0.1, 0.15) is 29.5 Å². The maximum atomic E-state index is 12.7. The van der Waals surface area contributed by atoms with Crippen molar-refractivity contribution < 1.29 is 14.3 Å². The second-order valence-corrected chi connectivity index (χ2v) is 12.9. The van der Waals surface area contributed by atoms with Gasteiger partial charge in [0, 0.05) is 31.7 Å². The van der Waals surface area contributed by atoms with E-state index in [1.54, 1.807) is 16.2 Å². The van der Waals surface area contributed by atoms with E-state index in [4.69, 9.17) is 19.8 Å². The van der Waals surface area contributed by atoms with Gasteiger partial charge in [-0.1, -0.05) is 59.4 Å². The van der Waals surface area contributed by atoms with Gasteiger partial charge in [0.2, 0.25) is 16.0 Å². The molecule has 1 amide bonds. The average Bonchev–Trinajstić information content (AvgIpc) is 3.76. The van der Waals surface area contributed by atoms with Crippen molar-refractivity contribution in [1.29, 1.82) is 5.26 Å². The van der Waals surface area contributed by atoms with E-state index in [0.29, 0.717) is 41.8 Å². The molecule has 2 aliphatic heterocycles. The smallest absolute Gasteiger partial charge is 0.293 e. The molecule has 6 rings (SSSR count). The molecule has 2 saturated heterocycles. The van der Waals surface area contributed by atoms with Gasteiger partial charge in [-0.25, -0.2) is 9.97 Å². The number of carbonyl (C=O) groups excluding carboxylic acids is 2. The van der Waals surface area contributed by atoms with Crippen LogP contribution in [-0.4, -0.2) is 101 Å². The third-order valence-corrected chi connectivity index (χ3v) is 10.1. The molecular formula is C29H33N9O3S2. The Labute approximate surface area is 257 Å². The second-order valence-electron chi connectivity index (χ2n) is 11.0. The Kier molecular flexibility index (Phi) is 8.04. The Morgan fingerprint density at radius 3 is 2.65 bits per heavy atom. The Hall–Kier alpha value is -4.06. The normalized spacial score (nSPS) is 17.0. The van der Waals surface area contributed by atoms with Crippen LogP contribution in [0.2, 0.25) is 0 Å². The largest absolute Gasteiger partial charge is 0.461 e. The zero-order valence-electron chi connectivity index (χ0n) is 24.6. The lowest BCUT2D eigenvalue weighted by atomic mass is 10.1. The summed E-state index contributed by atoms with van der Waals surface area (Å²) in [5.74, 6) is 0.894. The van der Waals surface area contributed by atoms with Crippen molar-refractivity contribution in [3.63, 3.8) is 0 Å². The number of aryl methyl sites for hydroxylation is 2. The lowest BCUT2D eigenvalue weighted by Crippen LogP contribution is -2.57. The van der Waals surface area contributed by atoms with Crippen molar-refractivity contribution in [2.24, 2.45) is 0 Å². The number of anilines is 3. The number of likely N-dealkylation sites (N-methyl/N-ethyl adjacent to an activating group) is 1. The number of amides is 1. The summed E-state index contributed by atoms with van der Waals surface area (Å²) < 4.78 is 6.80. The Morgan fingerprint density at radius 1 is 1.19 bits per heavy atom. The minimum Gasteiger partial charge on any atom is -0.461 e. The quantitative estimate of drug-likeness (QED) is 0.244. The Morgan fingerprint density at radius 2 is 1.95 bits per heavy atom. The van der Waals surface area contributed by atoms with Gasteiger partial charge >= 0.3 is 0 Å². The highest BCUT2D eigenvalue weighted by atomic mass is 32.1. The fourth-order valence-corrected chi connectivity index (χ4v) is 7.32. The average molecular weight is 620 g/mol. The molecule has 1 unspecified atom stereocenters. The predicted octanol–water partition coefficient (Wildman–Crippen LogP) is 3.32. The van der Waals surface area contributed by atoms with Gasteiger partial charge in [-0.2, -0.15) is 9.78 Å². The van der Waals surface area contributed by atoms with E-state index in [2.05, 4.69) is 22.8 Å². The van der Waals surface area contributed by atoms with Gasteiger partial charge in [-0.05, 0) is 26.8 Å². The number of likely N-dealkylation sites (tertiary alicyclic amines) is 1. The first kappa shape index (κ1) is 29.0. The molecule has 4 aromatic rings. The van der Waals surface area contributed by atoms with Crippen molar-refractivity contribution in [2.45, 2.75) is 38.8 Å². The lowest BCUT2D eigenvalue weighted by molar-refractivity contribution is -0.154. The summed E-state index contributed by atoms with van der Waals surface area (Å²) in [5.41, 5.74) is 3.67. The minimum atomic E-state index is -0.186. The number of aromatic nitrogens is 4. The number of imidazole rings is 1. The summed E-state index contributed by atoms with van der Waals surface area (Å²) in [4.78, 5) is 42.4. The minimum absolute atomic E-state index is 0.0477. The molecule has 224 valence electrons. The number of carbonyl (C=O) groups is 2. The molecule has 0 saturated carbocycles. The van der Waals surface area contributed by atoms with Crippen LogP contribution in [0.15, 0.2) is 24.3 Å². The zero-order valence-corrected chi connectivity index (χ0v) is 26.2. The molecule has 1 atom stereocenters. The summed E-state index contributed by atoms with van der Waals surface area (Å²) in [5, 5.41) is 16.4.